The van der Waals surface area contributed by atoms with E-state index in [1.54, 1.807) is 0 Å². The molecule has 4 nitrogen and oxygen atoms in total. The molecular formula is C14H16BrNO3. The Balaban J connectivity index is 2.08. The Morgan fingerprint density at radius 1 is 1.32 bits per heavy atom. The Labute approximate surface area is 120 Å². The van der Waals surface area contributed by atoms with E-state index in [-0.39, 0.29) is 5.91 Å². The highest BCUT2D eigenvalue weighted by Gasteiger charge is 2.37. The van der Waals surface area contributed by atoms with Crippen molar-refractivity contribution >= 4 is 33.5 Å². The van der Waals surface area contributed by atoms with E-state index in [1.807, 2.05) is 25.1 Å². The van der Waals surface area contributed by atoms with E-state index in [0.29, 0.717) is 18.5 Å². The molecule has 2 rings (SSSR count). The molecule has 1 aromatic rings. The number of carbonyl (C=O) groups is 2. The van der Waals surface area contributed by atoms with Gasteiger partial charge in [0, 0.05) is 10.2 Å². The minimum Gasteiger partial charge on any atom is -0.481 e. The van der Waals surface area contributed by atoms with Gasteiger partial charge in [-0.25, -0.2) is 0 Å². The summed E-state index contributed by atoms with van der Waals surface area (Å²) in [6, 6.07) is 5.56. The van der Waals surface area contributed by atoms with Gasteiger partial charge >= 0.3 is 5.97 Å². The summed E-state index contributed by atoms with van der Waals surface area (Å²) in [6.07, 6.45) is 2.04. The van der Waals surface area contributed by atoms with E-state index in [9.17, 15) is 9.59 Å². The maximum atomic E-state index is 12.1. The number of benzene rings is 1. The Morgan fingerprint density at radius 2 is 2.00 bits per heavy atom. The van der Waals surface area contributed by atoms with Crippen LogP contribution in [0.25, 0.3) is 0 Å². The zero-order valence-corrected chi connectivity index (χ0v) is 12.2. The SMILES string of the molecule is Cc1ccc(NC(=O)C2CCCC2C(=O)O)cc1Br. The molecular weight excluding hydrogens is 310 g/mol. The Hall–Kier alpha value is -1.36. The lowest BCUT2D eigenvalue weighted by Gasteiger charge is -2.16. The number of carbonyl (C=O) groups excluding carboxylic acids is 1. The summed E-state index contributed by atoms with van der Waals surface area (Å²) >= 11 is 3.41. The molecule has 0 heterocycles. The van der Waals surface area contributed by atoms with Crippen LogP contribution in [-0.4, -0.2) is 17.0 Å². The highest BCUT2D eigenvalue weighted by atomic mass is 79.9. The van der Waals surface area contributed by atoms with Crippen LogP contribution in [0.3, 0.4) is 0 Å². The third kappa shape index (κ3) is 3.15. The first-order valence-corrected chi connectivity index (χ1v) is 7.08. The first-order valence-electron chi connectivity index (χ1n) is 6.29. The van der Waals surface area contributed by atoms with Gasteiger partial charge in [-0.05, 0) is 37.5 Å². The van der Waals surface area contributed by atoms with E-state index < -0.39 is 17.8 Å². The number of aliphatic carboxylic acids is 1. The summed E-state index contributed by atoms with van der Waals surface area (Å²) in [6.45, 7) is 1.97. The molecule has 0 radical (unpaired) electrons. The smallest absolute Gasteiger partial charge is 0.307 e. The summed E-state index contributed by atoms with van der Waals surface area (Å²) < 4.78 is 0.923. The van der Waals surface area contributed by atoms with Crippen molar-refractivity contribution in [2.24, 2.45) is 11.8 Å². The predicted molar refractivity (Wildman–Crippen MR) is 76.0 cm³/mol. The normalized spacial score (nSPS) is 22.2. The van der Waals surface area contributed by atoms with Crippen LogP contribution in [0.15, 0.2) is 22.7 Å². The van der Waals surface area contributed by atoms with Crippen LogP contribution < -0.4 is 5.32 Å². The summed E-state index contributed by atoms with van der Waals surface area (Å²) in [5.74, 6) is -2.03. The number of halogens is 1. The van der Waals surface area contributed by atoms with E-state index >= 15 is 0 Å². The van der Waals surface area contributed by atoms with Crippen molar-refractivity contribution in [3.63, 3.8) is 0 Å². The van der Waals surface area contributed by atoms with E-state index in [2.05, 4.69) is 21.2 Å². The van der Waals surface area contributed by atoms with Gasteiger partial charge in [0.1, 0.15) is 0 Å². The van der Waals surface area contributed by atoms with Crippen LogP contribution >= 0.6 is 15.9 Å². The molecule has 0 bridgehead atoms. The van der Waals surface area contributed by atoms with Crippen molar-refractivity contribution in [1.29, 1.82) is 0 Å². The number of hydrogen-bond acceptors (Lipinski definition) is 2. The second-order valence-electron chi connectivity index (χ2n) is 4.94. The highest BCUT2D eigenvalue weighted by Crippen LogP contribution is 2.33. The lowest BCUT2D eigenvalue weighted by Crippen LogP contribution is -2.29. The highest BCUT2D eigenvalue weighted by molar-refractivity contribution is 9.10. The quantitative estimate of drug-likeness (QED) is 0.896. The zero-order valence-electron chi connectivity index (χ0n) is 10.6. The molecule has 19 heavy (non-hydrogen) atoms. The van der Waals surface area contributed by atoms with Crippen molar-refractivity contribution in [2.75, 3.05) is 5.32 Å². The molecule has 102 valence electrons. The number of amides is 1. The van der Waals surface area contributed by atoms with Crippen LogP contribution in [0.4, 0.5) is 5.69 Å². The third-order valence-corrected chi connectivity index (χ3v) is 4.46. The van der Waals surface area contributed by atoms with E-state index in [0.717, 1.165) is 16.5 Å². The number of nitrogens with one attached hydrogen (secondary N) is 1. The summed E-state index contributed by atoms with van der Waals surface area (Å²) in [7, 11) is 0. The molecule has 0 aliphatic heterocycles. The summed E-state index contributed by atoms with van der Waals surface area (Å²) in [4.78, 5) is 23.2. The van der Waals surface area contributed by atoms with E-state index in [4.69, 9.17) is 5.11 Å². The molecule has 1 saturated carbocycles. The molecule has 0 spiro atoms. The van der Waals surface area contributed by atoms with Crippen molar-refractivity contribution < 1.29 is 14.7 Å². The lowest BCUT2D eigenvalue weighted by atomic mass is 9.95. The molecule has 0 aromatic heterocycles. The van der Waals surface area contributed by atoms with Crippen LogP contribution in [0.1, 0.15) is 24.8 Å². The molecule has 0 saturated heterocycles. The van der Waals surface area contributed by atoms with Crippen LogP contribution in [0.2, 0.25) is 0 Å². The van der Waals surface area contributed by atoms with Gasteiger partial charge in [0.25, 0.3) is 0 Å². The van der Waals surface area contributed by atoms with Gasteiger partial charge in [-0.2, -0.15) is 0 Å². The van der Waals surface area contributed by atoms with Crippen LogP contribution in [0, 0.1) is 18.8 Å². The van der Waals surface area contributed by atoms with Gasteiger partial charge in [0.05, 0.1) is 11.8 Å². The third-order valence-electron chi connectivity index (χ3n) is 3.61. The number of hydrogen-bond donors (Lipinski definition) is 2. The molecule has 5 heteroatoms. The van der Waals surface area contributed by atoms with Crippen LogP contribution in [-0.2, 0) is 9.59 Å². The molecule has 1 aromatic carbocycles. The second kappa shape index (κ2) is 5.74. The van der Waals surface area contributed by atoms with Crippen molar-refractivity contribution in [3.8, 4) is 0 Å². The van der Waals surface area contributed by atoms with Gasteiger partial charge < -0.3 is 10.4 Å². The minimum atomic E-state index is -0.872. The van der Waals surface area contributed by atoms with Gasteiger partial charge in [-0.15, -0.1) is 0 Å². The fourth-order valence-corrected chi connectivity index (χ4v) is 2.85. The van der Waals surface area contributed by atoms with Gasteiger partial charge in [0.2, 0.25) is 5.91 Å². The molecule has 1 amide bonds. The monoisotopic (exact) mass is 325 g/mol. The number of carboxylic acids is 1. The summed E-state index contributed by atoms with van der Waals surface area (Å²) in [5, 5.41) is 11.9. The first kappa shape index (κ1) is 14.1. The Morgan fingerprint density at radius 3 is 2.63 bits per heavy atom. The van der Waals surface area contributed by atoms with Gasteiger partial charge in [-0.3, -0.25) is 9.59 Å². The van der Waals surface area contributed by atoms with Gasteiger partial charge in [0.15, 0.2) is 0 Å². The number of aryl methyl sites for hydroxylation is 1. The fraction of sp³-hybridized carbons (Fsp3) is 0.429. The maximum absolute atomic E-state index is 12.1. The molecule has 2 unspecified atom stereocenters. The maximum Gasteiger partial charge on any atom is 0.307 e. The number of carboxylic acid groups (broad SMARTS) is 1. The standard InChI is InChI=1S/C14H16BrNO3/c1-8-5-6-9(7-12(8)15)16-13(17)10-3-2-4-11(10)14(18)19/h5-7,10-11H,2-4H2,1H3,(H,16,17)(H,18,19). The fourth-order valence-electron chi connectivity index (χ4n) is 2.48. The molecule has 2 N–H and O–H groups in total. The molecule has 1 fully saturated rings. The van der Waals surface area contributed by atoms with Crippen molar-refractivity contribution in [2.45, 2.75) is 26.2 Å². The Kier molecular flexibility index (Phi) is 4.24. The zero-order chi connectivity index (χ0) is 14.0. The second-order valence-corrected chi connectivity index (χ2v) is 5.79. The predicted octanol–water partition coefficient (Wildman–Crippen LogP) is 3.20. The number of rotatable bonds is 3. The topological polar surface area (TPSA) is 66.4 Å². The Bertz CT molecular complexity index is 515. The molecule has 1 aliphatic carbocycles. The first-order chi connectivity index (χ1) is 8.99. The van der Waals surface area contributed by atoms with Gasteiger partial charge in [-0.1, -0.05) is 28.4 Å². The molecule has 1 aliphatic rings. The minimum absolute atomic E-state index is 0.194. The largest absolute Gasteiger partial charge is 0.481 e. The summed E-state index contributed by atoms with van der Waals surface area (Å²) in [5.41, 5.74) is 1.78. The average Bonchev–Trinajstić information content (AvgIpc) is 2.83. The average molecular weight is 326 g/mol. The van der Waals surface area contributed by atoms with Crippen LogP contribution in [0.5, 0.6) is 0 Å². The molecule has 2 atom stereocenters. The van der Waals surface area contributed by atoms with Crippen molar-refractivity contribution in [3.05, 3.63) is 28.2 Å². The lowest BCUT2D eigenvalue weighted by molar-refractivity contribution is -0.145. The number of anilines is 1. The van der Waals surface area contributed by atoms with Crippen molar-refractivity contribution in [1.82, 2.24) is 0 Å². The van der Waals surface area contributed by atoms with E-state index in [1.165, 1.54) is 0 Å².